The number of benzene rings is 1. The summed E-state index contributed by atoms with van der Waals surface area (Å²) in [6.07, 6.45) is 0. The first-order valence-corrected chi connectivity index (χ1v) is 6.54. The molecule has 1 aromatic carbocycles. The molecule has 0 aliphatic carbocycles. The van der Waals surface area contributed by atoms with Crippen molar-refractivity contribution < 1.29 is 0 Å². The van der Waals surface area contributed by atoms with E-state index in [1.54, 1.807) is 0 Å². The molecule has 1 heterocycles. The summed E-state index contributed by atoms with van der Waals surface area (Å²) in [5.74, 6) is 0.815. The molecule has 0 aliphatic rings. The quantitative estimate of drug-likeness (QED) is 0.914. The standard InChI is InChI=1S/C14H21N5/c1-10(2)15-14(4,5)13-16-17-18-19(13)12-9-7-6-8-11(12)3/h6-10,15H,1-5H3. The largest absolute Gasteiger partial charge is 0.303 e. The highest BCUT2D eigenvalue weighted by Gasteiger charge is 2.28. The third kappa shape index (κ3) is 2.81. The second kappa shape index (κ2) is 5.09. The Kier molecular flexibility index (Phi) is 3.66. The Morgan fingerprint density at radius 1 is 1.21 bits per heavy atom. The number of aromatic nitrogens is 4. The molecule has 0 spiro atoms. The van der Waals surface area contributed by atoms with Crippen LogP contribution in [-0.2, 0) is 5.54 Å². The number of hydrogen-bond donors (Lipinski definition) is 1. The number of nitrogens with zero attached hydrogens (tertiary/aromatic N) is 4. The minimum absolute atomic E-state index is 0.292. The molecule has 0 saturated heterocycles. The fraction of sp³-hybridized carbons (Fsp3) is 0.500. The summed E-state index contributed by atoms with van der Waals surface area (Å²) in [5.41, 5.74) is 1.87. The molecular formula is C14H21N5. The monoisotopic (exact) mass is 259 g/mol. The number of rotatable bonds is 4. The fourth-order valence-electron chi connectivity index (χ4n) is 2.33. The molecule has 1 N–H and O–H groups in total. The average Bonchev–Trinajstić information content (AvgIpc) is 2.77. The highest BCUT2D eigenvalue weighted by atomic mass is 15.6. The van der Waals surface area contributed by atoms with Crippen LogP contribution in [0.15, 0.2) is 24.3 Å². The third-order valence-electron chi connectivity index (χ3n) is 3.02. The van der Waals surface area contributed by atoms with Gasteiger partial charge in [-0.3, -0.25) is 0 Å². The van der Waals surface area contributed by atoms with Crippen LogP contribution >= 0.6 is 0 Å². The van der Waals surface area contributed by atoms with E-state index < -0.39 is 0 Å². The molecule has 0 bridgehead atoms. The maximum absolute atomic E-state index is 4.20. The van der Waals surface area contributed by atoms with Gasteiger partial charge in [0.05, 0.1) is 11.2 Å². The zero-order chi connectivity index (χ0) is 14.0. The first-order chi connectivity index (χ1) is 8.92. The summed E-state index contributed by atoms with van der Waals surface area (Å²) in [5, 5.41) is 15.7. The predicted molar refractivity (Wildman–Crippen MR) is 75.2 cm³/mol. The van der Waals surface area contributed by atoms with Crippen LogP contribution in [0.25, 0.3) is 5.69 Å². The molecule has 2 rings (SSSR count). The van der Waals surface area contributed by atoms with Gasteiger partial charge in [-0.1, -0.05) is 18.2 Å². The van der Waals surface area contributed by atoms with E-state index in [4.69, 9.17) is 0 Å². The SMILES string of the molecule is Cc1ccccc1-n1nnnc1C(C)(C)NC(C)C. The lowest BCUT2D eigenvalue weighted by atomic mass is 10.0. The van der Waals surface area contributed by atoms with E-state index in [0.717, 1.165) is 17.1 Å². The molecule has 19 heavy (non-hydrogen) atoms. The zero-order valence-electron chi connectivity index (χ0n) is 12.2. The highest BCUT2D eigenvalue weighted by Crippen LogP contribution is 2.22. The molecule has 0 amide bonds. The summed E-state index contributed by atoms with van der Waals surface area (Å²) < 4.78 is 1.81. The molecule has 1 aromatic heterocycles. The topological polar surface area (TPSA) is 55.6 Å². The fourth-order valence-corrected chi connectivity index (χ4v) is 2.33. The van der Waals surface area contributed by atoms with Gasteiger partial charge in [-0.05, 0) is 56.7 Å². The second-order valence-electron chi connectivity index (χ2n) is 5.62. The lowest BCUT2D eigenvalue weighted by Gasteiger charge is -2.27. The Balaban J connectivity index is 2.46. The van der Waals surface area contributed by atoms with Crippen molar-refractivity contribution in [3.05, 3.63) is 35.7 Å². The van der Waals surface area contributed by atoms with Gasteiger partial charge in [0, 0.05) is 6.04 Å². The van der Waals surface area contributed by atoms with Crippen molar-refractivity contribution in [2.75, 3.05) is 0 Å². The Hall–Kier alpha value is -1.75. The molecule has 0 unspecified atom stereocenters. The van der Waals surface area contributed by atoms with E-state index in [0.29, 0.717) is 6.04 Å². The molecule has 0 radical (unpaired) electrons. The summed E-state index contributed by atoms with van der Waals surface area (Å²) in [6, 6.07) is 8.46. The van der Waals surface area contributed by atoms with Crippen molar-refractivity contribution >= 4 is 0 Å². The van der Waals surface area contributed by atoms with Gasteiger partial charge in [0.1, 0.15) is 0 Å². The van der Waals surface area contributed by atoms with Crippen LogP contribution in [0.1, 0.15) is 39.1 Å². The molecule has 5 heteroatoms. The number of hydrogen-bond acceptors (Lipinski definition) is 4. The Morgan fingerprint density at radius 3 is 2.53 bits per heavy atom. The first kappa shape index (κ1) is 13.7. The van der Waals surface area contributed by atoms with Crippen LogP contribution in [0, 0.1) is 6.92 Å². The number of para-hydroxylation sites is 1. The van der Waals surface area contributed by atoms with E-state index in [1.165, 1.54) is 0 Å². The van der Waals surface area contributed by atoms with E-state index in [9.17, 15) is 0 Å². The lowest BCUT2D eigenvalue weighted by Crippen LogP contribution is -2.43. The summed E-state index contributed by atoms with van der Waals surface area (Å²) in [6.45, 7) is 10.5. The molecule has 102 valence electrons. The predicted octanol–water partition coefficient (Wildman–Crippen LogP) is 2.20. The van der Waals surface area contributed by atoms with Gasteiger partial charge in [-0.2, -0.15) is 4.68 Å². The molecular weight excluding hydrogens is 238 g/mol. The van der Waals surface area contributed by atoms with Crippen molar-refractivity contribution in [2.45, 2.75) is 46.2 Å². The second-order valence-corrected chi connectivity index (χ2v) is 5.62. The number of aryl methyl sites for hydroxylation is 1. The zero-order valence-corrected chi connectivity index (χ0v) is 12.2. The molecule has 5 nitrogen and oxygen atoms in total. The number of tetrazole rings is 1. The van der Waals surface area contributed by atoms with Crippen molar-refractivity contribution in [3.8, 4) is 5.69 Å². The van der Waals surface area contributed by atoms with Crippen LogP contribution in [0.2, 0.25) is 0 Å². The van der Waals surface area contributed by atoms with E-state index in [-0.39, 0.29) is 5.54 Å². The van der Waals surface area contributed by atoms with Crippen LogP contribution in [0.3, 0.4) is 0 Å². The third-order valence-corrected chi connectivity index (χ3v) is 3.02. The van der Waals surface area contributed by atoms with Crippen molar-refractivity contribution in [2.24, 2.45) is 0 Å². The molecule has 2 aromatic rings. The van der Waals surface area contributed by atoms with Crippen LogP contribution in [0.4, 0.5) is 0 Å². The minimum atomic E-state index is -0.292. The van der Waals surface area contributed by atoms with Gasteiger partial charge < -0.3 is 5.32 Å². The van der Waals surface area contributed by atoms with Crippen LogP contribution < -0.4 is 5.32 Å². The normalized spacial score (nSPS) is 12.1. The van der Waals surface area contributed by atoms with E-state index in [1.807, 2.05) is 22.9 Å². The van der Waals surface area contributed by atoms with Crippen molar-refractivity contribution in [3.63, 3.8) is 0 Å². The van der Waals surface area contributed by atoms with Crippen molar-refractivity contribution in [1.82, 2.24) is 25.5 Å². The van der Waals surface area contributed by atoms with Gasteiger partial charge in [-0.25, -0.2) is 0 Å². The average molecular weight is 259 g/mol. The highest BCUT2D eigenvalue weighted by molar-refractivity contribution is 5.40. The Morgan fingerprint density at radius 2 is 1.89 bits per heavy atom. The Labute approximate surface area is 114 Å². The first-order valence-electron chi connectivity index (χ1n) is 6.54. The van der Waals surface area contributed by atoms with Gasteiger partial charge in [0.15, 0.2) is 5.82 Å². The molecule has 0 fully saturated rings. The molecule has 0 aliphatic heterocycles. The van der Waals surface area contributed by atoms with Crippen molar-refractivity contribution in [1.29, 1.82) is 0 Å². The summed E-state index contributed by atoms with van der Waals surface area (Å²) >= 11 is 0. The van der Waals surface area contributed by atoms with E-state index >= 15 is 0 Å². The Bertz CT molecular complexity index is 556. The van der Waals surface area contributed by atoms with Gasteiger partial charge in [-0.15, -0.1) is 5.10 Å². The van der Waals surface area contributed by atoms with Gasteiger partial charge >= 0.3 is 0 Å². The summed E-state index contributed by atoms with van der Waals surface area (Å²) in [4.78, 5) is 0. The maximum Gasteiger partial charge on any atom is 0.176 e. The van der Waals surface area contributed by atoms with E-state index in [2.05, 4.69) is 61.5 Å². The maximum atomic E-state index is 4.20. The molecule has 0 saturated carbocycles. The minimum Gasteiger partial charge on any atom is -0.303 e. The smallest absolute Gasteiger partial charge is 0.176 e. The van der Waals surface area contributed by atoms with Gasteiger partial charge in [0.2, 0.25) is 0 Å². The van der Waals surface area contributed by atoms with Crippen LogP contribution in [-0.4, -0.2) is 26.2 Å². The number of nitrogens with one attached hydrogen (secondary N) is 1. The van der Waals surface area contributed by atoms with Gasteiger partial charge in [0.25, 0.3) is 0 Å². The van der Waals surface area contributed by atoms with Crippen LogP contribution in [0.5, 0.6) is 0 Å². The summed E-state index contributed by atoms with van der Waals surface area (Å²) in [7, 11) is 0. The molecule has 0 atom stereocenters. The lowest BCUT2D eigenvalue weighted by molar-refractivity contribution is 0.340.